The summed E-state index contributed by atoms with van der Waals surface area (Å²) in [7, 11) is 0. The van der Waals surface area contributed by atoms with Gasteiger partial charge in [0.05, 0.1) is 0 Å². The zero-order chi connectivity index (χ0) is 19.6. The largest absolute Gasteiger partial charge is 0.356 e. The lowest BCUT2D eigenvalue weighted by molar-refractivity contribution is -0.121. The molecular weight excluding hydrogens is 423 g/mol. The van der Waals surface area contributed by atoms with Crippen molar-refractivity contribution >= 4 is 36.6 Å². The number of aromatic nitrogens is 1. The molecule has 1 aromatic carbocycles. The molecule has 1 atom stereocenters. The number of carbonyl (C=O) groups is 2. The zero-order valence-corrected chi connectivity index (χ0v) is 18.6. The Labute approximate surface area is 190 Å². The van der Waals surface area contributed by atoms with Crippen molar-refractivity contribution < 1.29 is 9.59 Å². The van der Waals surface area contributed by atoms with Crippen molar-refractivity contribution in [3.05, 3.63) is 66.0 Å². The lowest BCUT2D eigenvalue weighted by Gasteiger charge is -2.23. The average molecular weight is 453 g/mol. The normalized spacial score (nSPS) is 18.3. The molecule has 30 heavy (non-hydrogen) atoms. The first kappa shape index (κ1) is 25.9. The van der Waals surface area contributed by atoms with Crippen molar-refractivity contribution in [3.8, 4) is 0 Å². The molecular formula is C22H30Cl2N4O2. The molecule has 0 spiro atoms. The number of hydrogen-bond acceptors (Lipinski definition) is 4. The molecule has 164 valence electrons. The van der Waals surface area contributed by atoms with Crippen molar-refractivity contribution in [1.29, 1.82) is 0 Å². The molecule has 1 saturated heterocycles. The van der Waals surface area contributed by atoms with Crippen molar-refractivity contribution in [2.45, 2.75) is 31.7 Å². The van der Waals surface area contributed by atoms with E-state index in [2.05, 4.69) is 27.8 Å². The third-order valence-electron chi connectivity index (χ3n) is 4.98. The quantitative estimate of drug-likeness (QED) is 0.731. The number of halogens is 2. The van der Waals surface area contributed by atoms with Gasteiger partial charge in [-0.25, -0.2) is 0 Å². The predicted molar refractivity (Wildman–Crippen MR) is 123 cm³/mol. The van der Waals surface area contributed by atoms with Gasteiger partial charge in [0, 0.05) is 50.1 Å². The van der Waals surface area contributed by atoms with Gasteiger partial charge >= 0.3 is 0 Å². The smallest absolute Gasteiger partial charge is 0.253 e. The van der Waals surface area contributed by atoms with E-state index in [1.807, 2.05) is 23.1 Å². The van der Waals surface area contributed by atoms with Crippen LogP contribution < -0.4 is 10.6 Å². The lowest BCUT2D eigenvalue weighted by Crippen LogP contribution is -2.35. The van der Waals surface area contributed by atoms with Crippen LogP contribution in [0.1, 0.15) is 47.6 Å². The van der Waals surface area contributed by atoms with Crippen molar-refractivity contribution in [2.75, 3.05) is 26.2 Å². The second-order valence-electron chi connectivity index (χ2n) is 7.06. The third kappa shape index (κ3) is 7.94. The molecule has 2 N–H and O–H groups in total. The number of rotatable bonds is 2. The highest BCUT2D eigenvalue weighted by Gasteiger charge is 2.18. The summed E-state index contributed by atoms with van der Waals surface area (Å²) in [6.45, 7) is 2.73. The highest BCUT2D eigenvalue weighted by molar-refractivity contribution is 5.94. The fourth-order valence-corrected chi connectivity index (χ4v) is 3.44. The number of hydrogen-bond donors (Lipinski definition) is 2. The van der Waals surface area contributed by atoms with Gasteiger partial charge in [0.1, 0.15) is 0 Å². The third-order valence-corrected chi connectivity index (χ3v) is 4.98. The van der Waals surface area contributed by atoms with Gasteiger partial charge in [0.25, 0.3) is 5.91 Å². The second-order valence-corrected chi connectivity index (χ2v) is 7.06. The van der Waals surface area contributed by atoms with Crippen LogP contribution in [0.2, 0.25) is 0 Å². The van der Waals surface area contributed by atoms with E-state index in [0.717, 1.165) is 31.4 Å². The molecule has 0 radical (unpaired) electrons. The number of pyridine rings is 1. The van der Waals surface area contributed by atoms with Gasteiger partial charge in [-0.15, -0.1) is 24.8 Å². The molecule has 1 aromatic heterocycles. The van der Waals surface area contributed by atoms with Gasteiger partial charge in [-0.2, -0.15) is 0 Å². The molecule has 0 aliphatic carbocycles. The molecule has 2 heterocycles. The summed E-state index contributed by atoms with van der Waals surface area (Å²) >= 11 is 0. The Morgan fingerprint density at radius 1 is 0.933 bits per heavy atom. The van der Waals surface area contributed by atoms with E-state index in [0.29, 0.717) is 31.6 Å². The molecule has 0 bridgehead atoms. The van der Waals surface area contributed by atoms with Crippen LogP contribution in [0.15, 0.2) is 54.9 Å². The SMILES string of the molecule is Cl.Cl.O=C1CC(c2ccccc2)NCCCCN(C(=O)c2ccncc2)CCCN1. The lowest BCUT2D eigenvalue weighted by atomic mass is 10.0. The Morgan fingerprint density at radius 3 is 2.37 bits per heavy atom. The van der Waals surface area contributed by atoms with E-state index in [4.69, 9.17) is 0 Å². The molecule has 8 heteroatoms. The molecule has 1 unspecified atom stereocenters. The summed E-state index contributed by atoms with van der Waals surface area (Å²) in [5.74, 6) is 0.0614. The molecule has 1 aliphatic rings. The van der Waals surface area contributed by atoms with Crippen LogP contribution in [0.4, 0.5) is 0 Å². The molecule has 1 aliphatic heterocycles. The number of benzene rings is 1. The summed E-state index contributed by atoms with van der Waals surface area (Å²) in [5, 5.41) is 6.50. The summed E-state index contributed by atoms with van der Waals surface area (Å²) < 4.78 is 0. The summed E-state index contributed by atoms with van der Waals surface area (Å²) in [6, 6.07) is 13.6. The first-order valence-electron chi connectivity index (χ1n) is 9.98. The Kier molecular flexibility index (Phi) is 12.0. The van der Waals surface area contributed by atoms with Crippen molar-refractivity contribution in [2.24, 2.45) is 0 Å². The topological polar surface area (TPSA) is 74.3 Å². The molecule has 2 amide bonds. The minimum absolute atomic E-state index is 0. The average Bonchev–Trinajstić information content (AvgIpc) is 2.76. The van der Waals surface area contributed by atoms with Gasteiger partial charge in [0.15, 0.2) is 0 Å². The first-order chi connectivity index (χ1) is 13.7. The Bertz CT molecular complexity index is 762. The Morgan fingerprint density at radius 2 is 1.63 bits per heavy atom. The van der Waals surface area contributed by atoms with Crippen LogP contribution in [0.25, 0.3) is 0 Å². The van der Waals surface area contributed by atoms with Crippen LogP contribution in [-0.4, -0.2) is 47.9 Å². The maximum atomic E-state index is 12.8. The minimum Gasteiger partial charge on any atom is -0.356 e. The molecule has 2 aromatic rings. The number of carbonyl (C=O) groups excluding carboxylic acids is 2. The van der Waals surface area contributed by atoms with E-state index in [1.165, 1.54) is 0 Å². The van der Waals surface area contributed by atoms with Crippen molar-refractivity contribution in [3.63, 3.8) is 0 Å². The van der Waals surface area contributed by atoms with Crippen LogP contribution in [0.3, 0.4) is 0 Å². The maximum absolute atomic E-state index is 12.8. The number of nitrogens with zero attached hydrogens (tertiary/aromatic N) is 2. The molecule has 1 fully saturated rings. The Hall–Kier alpha value is -2.15. The maximum Gasteiger partial charge on any atom is 0.253 e. The van der Waals surface area contributed by atoms with Crippen molar-refractivity contribution in [1.82, 2.24) is 20.5 Å². The van der Waals surface area contributed by atoms with E-state index in [9.17, 15) is 9.59 Å². The predicted octanol–water partition coefficient (Wildman–Crippen LogP) is 3.39. The van der Waals surface area contributed by atoms with E-state index in [1.54, 1.807) is 24.5 Å². The monoisotopic (exact) mass is 452 g/mol. The fourth-order valence-electron chi connectivity index (χ4n) is 3.44. The molecule has 3 rings (SSSR count). The van der Waals surface area contributed by atoms with Gasteiger partial charge in [0.2, 0.25) is 5.91 Å². The summed E-state index contributed by atoms with van der Waals surface area (Å²) in [5.41, 5.74) is 1.78. The van der Waals surface area contributed by atoms with E-state index in [-0.39, 0.29) is 42.7 Å². The fraction of sp³-hybridized carbons (Fsp3) is 0.409. The van der Waals surface area contributed by atoms with Crippen LogP contribution >= 0.6 is 24.8 Å². The molecule has 0 saturated carbocycles. The highest BCUT2D eigenvalue weighted by Crippen LogP contribution is 2.17. The standard InChI is InChI=1S/C22H28N4O2.2ClH/c27-21-17-20(18-7-2-1-3-8-18)24-11-4-5-15-26(16-6-12-25-21)22(28)19-9-13-23-14-10-19;;/h1-3,7-10,13-14,20,24H,4-6,11-12,15-17H2,(H,25,27);2*1H. The van der Waals surface area contributed by atoms with Gasteiger partial charge in [-0.05, 0) is 43.5 Å². The van der Waals surface area contributed by atoms with Crippen LogP contribution in [0, 0.1) is 0 Å². The number of nitrogens with one attached hydrogen (secondary N) is 2. The summed E-state index contributed by atoms with van der Waals surface area (Å²) in [6.07, 6.45) is 6.32. The Balaban J connectivity index is 0.00000225. The van der Waals surface area contributed by atoms with Crippen LogP contribution in [-0.2, 0) is 4.79 Å². The van der Waals surface area contributed by atoms with Crippen LogP contribution in [0.5, 0.6) is 0 Å². The van der Waals surface area contributed by atoms with E-state index < -0.39 is 0 Å². The van der Waals surface area contributed by atoms with E-state index >= 15 is 0 Å². The highest BCUT2D eigenvalue weighted by atomic mass is 35.5. The van der Waals surface area contributed by atoms with Gasteiger partial charge in [-0.3, -0.25) is 14.6 Å². The van der Waals surface area contributed by atoms with Gasteiger partial charge < -0.3 is 15.5 Å². The zero-order valence-electron chi connectivity index (χ0n) is 17.0. The molecule has 6 nitrogen and oxygen atoms in total. The van der Waals surface area contributed by atoms with Gasteiger partial charge in [-0.1, -0.05) is 30.3 Å². The second kappa shape index (κ2) is 14.0. The summed E-state index contributed by atoms with van der Waals surface area (Å²) in [4.78, 5) is 31.0. The minimum atomic E-state index is 0. The number of amides is 2. The first-order valence-corrected chi connectivity index (χ1v) is 9.98.